The van der Waals surface area contributed by atoms with Crippen molar-refractivity contribution in [2.45, 2.75) is 70.1 Å². The van der Waals surface area contributed by atoms with Gasteiger partial charge >= 0.3 is 0 Å². The average molecular weight is 456 g/mol. The van der Waals surface area contributed by atoms with E-state index < -0.39 is 22.7 Å². The Hall–Kier alpha value is -2.07. The number of hydrogen-bond donors (Lipinski definition) is 2. The molecule has 1 aliphatic carbocycles. The third kappa shape index (κ3) is 6.04. The van der Waals surface area contributed by atoms with Gasteiger partial charge in [-0.15, -0.1) is 4.72 Å². The Labute approximate surface area is 194 Å². The number of anilines is 1. The van der Waals surface area contributed by atoms with E-state index in [1.54, 1.807) is 18.2 Å². The molecule has 1 fully saturated rings. The molecule has 4 nitrogen and oxygen atoms in total. The van der Waals surface area contributed by atoms with Gasteiger partial charge in [0.1, 0.15) is 16.6 Å². The fraction of sp³-hybridized carbons (Fsp3) is 0.500. The molecular weight excluding hydrogens is 421 g/mol. The van der Waals surface area contributed by atoms with E-state index in [9.17, 15) is 14.2 Å². The van der Waals surface area contributed by atoms with Gasteiger partial charge in [0.15, 0.2) is 0 Å². The quantitative estimate of drug-likeness (QED) is 0.332. The second-order valence-corrected chi connectivity index (χ2v) is 11.1. The summed E-state index contributed by atoms with van der Waals surface area (Å²) in [6.07, 6.45) is 5.90. The van der Waals surface area contributed by atoms with Crippen molar-refractivity contribution in [2.24, 2.45) is 11.8 Å². The summed E-state index contributed by atoms with van der Waals surface area (Å²) in [6.45, 7) is 6.33. The molecule has 0 aliphatic heterocycles. The molecule has 3 atom stereocenters. The third-order valence-corrected chi connectivity index (χ3v) is 7.90. The number of nitrogens with two attached hydrogens (primary N) is 1. The van der Waals surface area contributed by atoms with Crippen LogP contribution in [0.5, 0.6) is 0 Å². The van der Waals surface area contributed by atoms with E-state index in [2.05, 4.69) is 24.6 Å². The third-order valence-electron chi connectivity index (χ3n) is 6.39. The highest BCUT2D eigenvalue weighted by molar-refractivity contribution is 7.90. The molecule has 6 heteroatoms. The average Bonchev–Trinajstić information content (AvgIpc) is 3.61. The van der Waals surface area contributed by atoms with Crippen LogP contribution in [0.4, 0.5) is 10.1 Å². The topological polar surface area (TPSA) is 84.9 Å². The highest BCUT2D eigenvalue weighted by Crippen LogP contribution is 2.42. The lowest BCUT2D eigenvalue weighted by Crippen LogP contribution is -2.49. The van der Waals surface area contributed by atoms with Crippen molar-refractivity contribution in [1.29, 1.82) is 5.26 Å². The molecule has 32 heavy (non-hydrogen) atoms. The Morgan fingerprint density at radius 3 is 2.53 bits per heavy atom. The maximum Gasteiger partial charge on any atom is 0.146 e. The molecule has 0 bridgehead atoms. The summed E-state index contributed by atoms with van der Waals surface area (Å²) < 4.78 is 31.0. The Morgan fingerprint density at radius 1 is 1.19 bits per heavy atom. The van der Waals surface area contributed by atoms with Gasteiger partial charge in [-0.05, 0) is 79.8 Å². The number of rotatable bonds is 11. The van der Waals surface area contributed by atoms with Gasteiger partial charge < -0.3 is 10.3 Å². The molecule has 2 aromatic rings. The van der Waals surface area contributed by atoms with Crippen LogP contribution in [0, 0.1) is 29.0 Å². The van der Waals surface area contributed by atoms with Crippen LogP contribution in [0.3, 0.4) is 0 Å². The molecule has 1 saturated carbocycles. The second kappa shape index (κ2) is 10.7. The van der Waals surface area contributed by atoms with Gasteiger partial charge in [0.2, 0.25) is 0 Å². The van der Waals surface area contributed by atoms with Crippen molar-refractivity contribution < 1.29 is 8.94 Å². The van der Waals surface area contributed by atoms with Crippen LogP contribution >= 0.6 is 0 Å². The predicted octanol–water partition coefficient (Wildman–Crippen LogP) is 5.79. The summed E-state index contributed by atoms with van der Waals surface area (Å²) in [4.78, 5) is 0. The van der Waals surface area contributed by atoms with E-state index in [1.807, 2.05) is 25.1 Å². The fourth-order valence-electron chi connectivity index (χ4n) is 4.06. The molecule has 3 rings (SSSR count). The lowest BCUT2D eigenvalue weighted by Gasteiger charge is -2.37. The maximum absolute atomic E-state index is 14.1. The van der Waals surface area contributed by atoms with Crippen molar-refractivity contribution >= 4 is 17.0 Å². The first-order chi connectivity index (χ1) is 15.2. The van der Waals surface area contributed by atoms with Crippen molar-refractivity contribution in [2.75, 3.05) is 5.73 Å². The fourth-order valence-corrected chi connectivity index (χ4v) is 5.29. The van der Waals surface area contributed by atoms with Crippen molar-refractivity contribution in [1.82, 2.24) is 4.72 Å². The first-order valence-electron chi connectivity index (χ1n) is 11.5. The minimum absolute atomic E-state index is 0.0466. The van der Waals surface area contributed by atoms with Crippen molar-refractivity contribution in [3.8, 4) is 6.07 Å². The summed E-state index contributed by atoms with van der Waals surface area (Å²) in [7, 11) is 0. The smallest absolute Gasteiger partial charge is 0.146 e. The number of nitrogens with one attached hydrogen (secondary N) is 1. The number of nitrogen functional groups attached to an aromatic ring is 1. The zero-order chi connectivity index (χ0) is 23.3. The number of hydrogen-bond acceptors (Lipinski definition) is 4. The zero-order valence-electron chi connectivity index (χ0n) is 19.2. The Kier molecular flexibility index (Phi) is 8.21. The van der Waals surface area contributed by atoms with Gasteiger partial charge in [-0.25, -0.2) is 4.39 Å². The van der Waals surface area contributed by atoms with Crippen LogP contribution in [-0.4, -0.2) is 9.80 Å². The van der Waals surface area contributed by atoms with Crippen LogP contribution < -0.4 is 10.5 Å². The lowest BCUT2D eigenvalue weighted by atomic mass is 9.79. The standard InChI is InChI=1S/C26H34FN3OS/c1-18(2)7-8-19(3)32(31)30-26(14-13-20-9-10-20,22-6-4-5-21(15-22)17-28)23-11-12-24(27)25(29)16-23/h4-6,11-12,15-16,18-20,30H,7-10,13-14,29H2,1-3H3. The molecule has 3 unspecified atom stereocenters. The first kappa shape index (κ1) is 24.6. The summed E-state index contributed by atoms with van der Waals surface area (Å²) >= 11 is -1.33. The van der Waals surface area contributed by atoms with Crippen molar-refractivity contribution in [3.05, 3.63) is 65.0 Å². The summed E-state index contributed by atoms with van der Waals surface area (Å²) in [5.74, 6) is 0.722. The monoisotopic (exact) mass is 455 g/mol. The molecule has 1 aliphatic rings. The van der Waals surface area contributed by atoms with Crippen LogP contribution in [0.1, 0.15) is 76.0 Å². The molecule has 0 saturated heterocycles. The van der Waals surface area contributed by atoms with Crippen LogP contribution in [0.2, 0.25) is 0 Å². The SMILES string of the molecule is CC(C)CCC(C)[S+]([O-])NC(CCC1CC1)(c1cccc(C#N)c1)c1ccc(F)c(N)c1. The summed E-state index contributed by atoms with van der Waals surface area (Å²) in [6, 6.07) is 14.4. The number of benzene rings is 2. The van der Waals surface area contributed by atoms with Gasteiger partial charge in [0.05, 0.1) is 17.3 Å². The molecule has 3 N–H and O–H groups in total. The lowest BCUT2D eigenvalue weighted by molar-refractivity contribution is 0.403. The number of nitrogens with zero attached hydrogens (tertiary/aromatic N) is 1. The summed E-state index contributed by atoms with van der Waals surface area (Å²) in [5.41, 5.74) is 7.36. The minimum atomic E-state index is -1.33. The second-order valence-electron chi connectivity index (χ2n) is 9.50. The van der Waals surface area contributed by atoms with Crippen LogP contribution in [-0.2, 0) is 16.9 Å². The van der Waals surface area contributed by atoms with Gasteiger partial charge in [-0.3, -0.25) is 0 Å². The Balaban J connectivity index is 2.06. The molecule has 0 amide bonds. The maximum atomic E-state index is 14.1. The normalized spacial score (nSPS) is 17.5. The zero-order valence-corrected chi connectivity index (χ0v) is 20.1. The predicted molar refractivity (Wildman–Crippen MR) is 130 cm³/mol. The highest BCUT2D eigenvalue weighted by atomic mass is 32.2. The summed E-state index contributed by atoms with van der Waals surface area (Å²) in [5, 5.41) is 9.45. The molecule has 172 valence electrons. The molecule has 0 radical (unpaired) electrons. The van der Waals surface area contributed by atoms with E-state index in [4.69, 9.17) is 5.73 Å². The van der Waals surface area contributed by atoms with E-state index in [1.165, 1.54) is 18.9 Å². The highest BCUT2D eigenvalue weighted by Gasteiger charge is 2.41. The van der Waals surface area contributed by atoms with Gasteiger partial charge in [0.25, 0.3) is 0 Å². The number of nitriles is 1. The van der Waals surface area contributed by atoms with Crippen LogP contribution in [0.15, 0.2) is 42.5 Å². The van der Waals surface area contributed by atoms with Gasteiger partial charge in [-0.2, -0.15) is 5.26 Å². The van der Waals surface area contributed by atoms with Crippen molar-refractivity contribution in [3.63, 3.8) is 0 Å². The Bertz CT molecular complexity index is 956. The number of halogens is 1. The molecule has 2 aromatic carbocycles. The van der Waals surface area contributed by atoms with Gasteiger partial charge in [-0.1, -0.05) is 44.9 Å². The molecule has 0 spiro atoms. The first-order valence-corrected chi connectivity index (χ1v) is 12.7. The van der Waals surface area contributed by atoms with E-state index >= 15 is 0 Å². The van der Waals surface area contributed by atoms with E-state index in [0.717, 1.165) is 30.4 Å². The minimum Gasteiger partial charge on any atom is -0.598 e. The van der Waals surface area contributed by atoms with E-state index in [-0.39, 0.29) is 10.9 Å². The van der Waals surface area contributed by atoms with Gasteiger partial charge in [0, 0.05) is 11.4 Å². The molecule has 0 heterocycles. The van der Waals surface area contributed by atoms with Crippen LogP contribution in [0.25, 0.3) is 0 Å². The largest absolute Gasteiger partial charge is 0.598 e. The Morgan fingerprint density at radius 2 is 1.91 bits per heavy atom. The van der Waals surface area contributed by atoms with E-state index in [0.29, 0.717) is 23.8 Å². The molecule has 0 aromatic heterocycles. The molecular formula is C26H34FN3OS.